The molecule has 0 radical (unpaired) electrons. The van der Waals surface area contributed by atoms with Gasteiger partial charge in [-0.15, -0.1) is 0 Å². The molecule has 2 unspecified atom stereocenters. The van der Waals surface area contributed by atoms with E-state index in [1.807, 2.05) is 0 Å². The van der Waals surface area contributed by atoms with Crippen LogP contribution in [0.15, 0.2) is 36.4 Å². The van der Waals surface area contributed by atoms with Crippen molar-refractivity contribution in [1.82, 2.24) is 0 Å². The third-order valence-electron chi connectivity index (χ3n) is 4.99. The maximum absolute atomic E-state index is 14.0. The number of hydrogen-bond donors (Lipinski definition) is 3. The van der Waals surface area contributed by atoms with Gasteiger partial charge in [0.2, 0.25) is 5.91 Å². The minimum atomic E-state index is -4.98. The molecule has 5 N–H and O–H groups in total. The van der Waals surface area contributed by atoms with Gasteiger partial charge in [0.15, 0.2) is 5.60 Å². The molecular formula is C20H19ClF3N3O3. The van der Waals surface area contributed by atoms with Gasteiger partial charge in [-0.05, 0) is 31.5 Å². The molecule has 10 heteroatoms. The number of aliphatic hydroxyl groups is 1. The number of benzene rings is 2. The first kappa shape index (κ1) is 22.1. The standard InChI is InChI=1S/C20H19ClF3N3O3/c1-10(25)6-7-27-15-9-11(17(26)28)8-13(20(22,23)24)16(15)19(30,18(27)29)12-4-2-3-5-14(12)21/h2-5,8-10,30H,6-7,25H2,1H3,(H2,26,28). The Labute approximate surface area is 175 Å². The lowest BCUT2D eigenvalue weighted by molar-refractivity contribution is -0.142. The van der Waals surface area contributed by atoms with E-state index in [1.165, 1.54) is 24.3 Å². The van der Waals surface area contributed by atoms with Crippen molar-refractivity contribution in [1.29, 1.82) is 0 Å². The van der Waals surface area contributed by atoms with Crippen LogP contribution in [0.5, 0.6) is 0 Å². The number of carbonyl (C=O) groups is 2. The minimum absolute atomic E-state index is 0.0736. The van der Waals surface area contributed by atoms with Crippen LogP contribution in [0.25, 0.3) is 0 Å². The summed E-state index contributed by atoms with van der Waals surface area (Å²) in [5.41, 5.74) is 5.32. The van der Waals surface area contributed by atoms with Crippen molar-refractivity contribution >= 4 is 29.1 Å². The Morgan fingerprint density at radius 3 is 2.47 bits per heavy atom. The highest BCUT2D eigenvalue weighted by Crippen LogP contribution is 2.51. The lowest BCUT2D eigenvalue weighted by atomic mass is 9.83. The van der Waals surface area contributed by atoms with E-state index in [1.54, 1.807) is 6.92 Å². The molecule has 3 rings (SSSR count). The number of rotatable bonds is 5. The average Bonchev–Trinajstić information content (AvgIpc) is 2.87. The maximum atomic E-state index is 14.0. The fourth-order valence-electron chi connectivity index (χ4n) is 3.56. The average molecular weight is 442 g/mol. The van der Waals surface area contributed by atoms with Gasteiger partial charge in [0.25, 0.3) is 5.91 Å². The Bertz CT molecular complexity index is 1030. The topological polar surface area (TPSA) is 110 Å². The summed E-state index contributed by atoms with van der Waals surface area (Å²) in [6.45, 7) is 1.60. The van der Waals surface area contributed by atoms with E-state index in [9.17, 15) is 27.9 Å². The second-order valence-electron chi connectivity index (χ2n) is 7.19. The number of hydrogen-bond acceptors (Lipinski definition) is 4. The van der Waals surface area contributed by atoms with Crippen molar-refractivity contribution in [2.24, 2.45) is 11.5 Å². The van der Waals surface area contributed by atoms with E-state index >= 15 is 0 Å². The molecule has 30 heavy (non-hydrogen) atoms. The monoisotopic (exact) mass is 441 g/mol. The number of halogens is 4. The molecule has 2 aromatic carbocycles. The summed E-state index contributed by atoms with van der Waals surface area (Å²) in [4.78, 5) is 26.0. The number of carbonyl (C=O) groups excluding carboxylic acids is 2. The number of nitrogens with two attached hydrogens (primary N) is 2. The molecule has 2 amide bonds. The predicted octanol–water partition coefficient (Wildman–Crippen LogP) is 2.78. The normalized spacial score (nSPS) is 19.7. The van der Waals surface area contributed by atoms with E-state index < -0.39 is 40.3 Å². The zero-order chi connectivity index (χ0) is 22.4. The summed E-state index contributed by atoms with van der Waals surface area (Å²) in [7, 11) is 0. The lowest BCUT2D eigenvalue weighted by Crippen LogP contribution is -2.43. The van der Waals surface area contributed by atoms with Crippen LogP contribution in [0.2, 0.25) is 5.02 Å². The molecule has 1 heterocycles. The van der Waals surface area contributed by atoms with Gasteiger partial charge >= 0.3 is 6.18 Å². The summed E-state index contributed by atoms with van der Waals surface area (Å²) < 4.78 is 41.9. The first-order valence-corrected chi connectivity index (χ1v) is 9.37. The Balaban J connectivity index is 2.39. The van der Waals surface area contributed by atoms with E-state index in [2.05, 4.69) is 0 Å². The number of amides is 2. The van der Waals surface area contributed by atoms with Crippen LogP contribution in [-0.4, -0.2) is 29.5 Å². The Hall–Kier alpha value is -2.62. The molecule has 0 aromatic heterocycles. The summed E-state index contributed by atoms with van der Waals surface area (Å²) >= 11 is 6.14. The highest BCUT2D eigenvalue weighted by Gasteiger charge is 2.56. The zero-order valence-electron chi connectivity index (χ0n) is 15.8. The largest absolute Gasteiger partial charge is 0.416 e. The van der Waals surface area contributed by atoms with Crippen molar-refractivity contribution < 1.29 is 27.9 Å². The number of alkyl halides is 3. The van der Waals surface area contributed by atoms with E-state index in [-0.39, 0.29) is 35.3 Å². The van der Waals surface area contributed by atoms with Crippen LogP contribution < -0.4 is 16.4 Å². The molecule has 0 bridgehead atoms. The maximum Gasteiger partial charge on any atom is 0.416 e. The van der Waals surface area contributed by atoms with E-state index in [0.29, 0.717) is 6.07 Å². The predicted molar refractivity (Wildman–Crippen MR) is 105 cm³/mol. The molecular weight excluding hydrogens is 423 g/mol. The fraction of sp³-hybridized carbons (Fsp3) is 0.300. The van der Waals surface area contributed by atoms with Crippen molar-refractivity contribution in [2.75, 3.05) is 11.4 Å². The third kappa shape index (κ3) is 3.53. The van der Waals surface area contributed by atoms with Crippen molar-refractivity contribution in [3.63, 3.8) is 0 Å². The van der Waals surface area contributed by atoms with Crippen molar-refractivity contribution in [3.05, 3.63) is 63.7 Å². The van der Waals surface area contributed by atoms with E-state index in [0.717, 1.165) is 11.0 Å². The van der Waals surface area contributed by atoms with Gasteiger partial charge in [-0.3, -0.25) is 9.59 Å². The number of fused-ring (bicyclic) bond motifs is 1. The molecule has 0 saturated carbocycles. The highest BCUT2D eigenvalue weighted by atomic mass is 35.5. The third-order valence-corrected chi connectivity index (χ3v) is 5.32. The van der Waals surface area contributed by atoms with E-state index in [4.69, 9.17) is 23.1 Å². The fourth-order valence-corrected chi connectivity index (χ4v) is 3.83. The van der Waals surface area contributed by atoms with Gasteiger partial charge in [0.1, 0.15) is 0 Å². The number of anilines is 1. The lowest BCUT2D eigenvalue weighted by Gasteiger charge is -2.26. The molecule has 0 aliphatic carbocycles. The molecule has 2 aromatic rings. The van der Waals surface area contributed by atoms with Gasteiger partial charge in [0, 0.05) is 34.3 Å². The van der Waals surface area contributed by atoms with Gasteiger partial charge in [-0.2, -0.15) is 13.2 Å². The minimum Gasteiger partial charge on any atom is -0.372 e. The van der Waals surface area contributed by atoms with Crippen LogP contribution in [0.1, 0.15) is 40.4 Å². The van der Waals surface area contributed by atoms with Gasteiger partial charge < -0.3 is 21.5 Å². The summed E-state index contributed by atoms with van der Waals surface area (Å²) in [5, 5.41) is 11.4. The van der Waals surface area contributed by atoms with Gasteiger partial charge in [-0.25, -0.2) is 0 Å². The molecule has 6 nitrogen and oxygen atoms in total. The molecule has 160 valence electrons. The molecule has 2 atom stereocenters. The second kappa shape index (κ2) is 7.57. The Morgan fingerprint density at radius 2 is 1.93 bits per heavy atom. The zero-order valence-corrected chi connectivity index (χ0v) is 16.6. The second-order valence-corrected chi connectivity index (χ2v) is 7.60. The molecule has 0 saturated heterocycles. The molecule has 0 fully saturated rings. The molecule has 1 aliphatic rings. The van der Waals surface area contributed by atoms with Crippen molar-refractivity contribution in [3.8, 4) is 0 Å². The van der Waals surface area contributed by atoms with Crippen LogP contribution in [0.3, 0.4) is 0 Å². The Morgan fingerprint density at radius 1 is 1.30 bits per heavy atom. The summed E-state index contributed by atoms with van der Waals surface area (Å²) in [6.07, 6.45) is -4.74. The SMILES string of the molecule is CC(N)CCN1C(=O)C(O)(c2ccccc2Cl)c2c1cc(C(N)=O)cc2C(F)(F)F. The molecule has 1 aliphatic heterocycles. The van der Waals surface area contributed by atoms with Crippen molar-refractivity contribution in [2.45, 2.75) is 31.2 Å². The number of nitrogens with zero attached hydrogens (tertiary/aromatic N) is 1. The molecule has 0 spiro atoms. The Kier molecular flexibility index (Phi) is 5.57. The van der Waals surface area contributed by atoms with Gasteiger partial charge in [0.05, 0.1) is 11.3 Å². The quantitative estimate of drug-likeness (QED) is 0.662. The highest BCUT2D eigenvalue weighted by molar-refractivity contribution is 6.32. The number of primary amides is 1. The van der Waals surface area contributed by atoms with Crippen LogP contribution in [0.4, 0.5) is 18.9 Å². The summed E-state index contributed by atoms with van der Waals surface area (Å²) in [5.74, 6) is -2.12. The summed E-state index contributed by atoms with van der Waals surface area (Å²) in [6, 6.07) is 6.84. The first-order chi connectivity index (χ1) is 13.9. The van der Waals surface area contributed by atoms with Gasteiger partial charge in [-0.1, -0.05) is 29.8 Å². The first-order valence-electron chi connectivity index (χ1n) is 8.99. The van der Waals surface area contributed by atoms with Crippen LogP contribution in [0, 0.1) is 0 Å². The van der Waals surface area contributed by atoms with Crippen LogP contribution in [-0.2, 0) is 16.6 Å². The van der Waals surface area contributed by atoms with Crippen LogP contribution >= 0.6 is 11.6 Å². The smallest absolute Gasteiger partial charge is 0.372 e.